The Labute approximate surface area is 103 Å². The van der Waals surface area contributed by atoms with Crippen LogP contribution < -0.4 is 5.73 Å². The number of sulfone groups is 1. The van der Waals surface area contributed by atoms with Crippen molar-refractivity contribution in [1.82, 2.24) is 4.90 Å². The fraction of sp³-hybridized carbons (Fsp3) is 0.909. The number of hydrogen-bond acceptors (Lipinski definition) is 4. The lowest BCUT2D eigenvalue weighted by Crippen LogP contribution is -2.47. The van der Waals surface area contributed by atoms with Gasteiger partial charge in [-0.3, -0.25) is 4.79 Å². The first-order valence-corrected chi connectivity index (χ1v) is 7.86. The Bertz CT molecular complexity index is 374. The maximum atomic E-state index is 12.3. The van der Waals surface area contributed by atoms with Crippen molar-refractivity contribution < 1.29 is 13.2 Å². The molecule has 1 amide bonds. The van der Waals surface area contributed by atoms with E-state index in [1.54, 1.807) is 4.90 Å². The van der Waals surface area contributed by atoms with Gasteiger partial charge in [0.25, 0.3) is 0 Å². The van der Waals surface area contributed by atoms with Crippen molar-refractivity contribution in [2.75, 3.05) is 31.1 Å². The third-order valence-electron chi connectivity index (χ3n) is 3.59. The number of nitrogens with two attached hydrogens (primary N) is 1. The Hall–Kier alpha value is -0.620. The van der Waals surface area contributed by atoms with Gasteiger partial charge in [-0.2, -0.15) is 0 Å². The van der Waals surface area contributed by atoms with Gasteiger partial charge >= 0.3 is 0 Å². The van der Waals surface area contributed by atoms with E-state index in [9.17, 15) is 13.2 Å². The molecule has 0 aromatic carbocycles. The molecule has 6 heteroatoms. The van der Waals surface area contributed by atoms with E-state index in [0.29, 0.717) is 32.5 Å². The molecule has 17 heavy (non-hydrogen) atoms. The minimum atomic E-state index is -2.97. The fourth-order valence-electron chi connectivity index (χ4n) is 1.91. The van der Waals surface area contributed by atoms with Crippen LogP contribution >= 0.6 is 0 Å². The molecule has 1 aliphatic rings. The SMILES string of the molecule is CCC(C)(CN)C(=O)N1CCCS(=O)(=O)CC1. The molecule has 1 atom stereocenters. The molecule has 1 fully saturated rings. The zero-order chi connectivity index (χ0) is 13.1. The minimum absolute atomic E-state index is 0.0143. The molecule has 1 saturated heterocycles. The second-order valence-corrected chi connectivity index (χ2v) is 7.22. The Balaban J connectivity index is 2.77. The first-order valence-electron chi connectivity index (χ1n) is 6.04. The molecule has 0 aliphatic carbocycles. The van der Waals surface area contributed by atoms with Gasteiger partial charge in [0.15, 0.2) is 9.84 Å². The van der Waals surface area contributed by atoms with Gasteiger partial charge in [-0.25, -0.2) is 8.42 Å². The van der Waals surface area contributed by atoms with Gasteiger partial charge in [0.2, 0.25) is 5.91 Å². The van der Waals surface area contributed by atoms with Gasteiger partial charge in [0, 0.05) is 19.6 Å². The first-order chi connectivity index (χ1) is 7.84. The van der Waals surface area contributed by atoms with Crippen molar-refractivity contribution in [2.45, 2.75) is 26.7 Å². The summed E-state index contributed by atoms with van der Waals surface area (Å²) >= 11 is 0. The van der Waals surface area contributed by atoms with E-state index in [0.717, 1.165) is 0 Å². The molecule has 1 rings (SSSR count). The van der Waals surface area contributed by atoms with E-state index < -0.39 is 15.3 Å². The third-order valence-corrected chi connectivity index (χ3v) is 5.31. The minimum Gasteiger partial charge on any atom is -0.341 e. The molecule has 0 saturated carbocycles. The van der Waals surface area contributed by atoms with Crippen LogP contribution in [-0.2, 0) is 14.6 Å². The lowest BCUT2D eigenvalue weighted by Gasteiger charge is -2.32. The van der Waals surface area contributed by atoms with Crippen LogP contribution in [-0.4, -0.2) is 50.4 Å². The molecule has 2 N–H and O–H groups in total. The smallest absolute Gasteiger partial charge is 0.229 e. The molecule has 0 bridgehead atoms. The molecule has 1 heterocycles. The molecular weight excluding hydrogens is 240 g/mol. The summed E-state index contributed by atoms with van der Waals surface area (Å²) in [6.45, 7) is 4.89. The summed E-state index contributed by atoms with van der Waals surface area (Å²) in [7, 11) is -2.97. The molecule has 0 aromatic rings. The lowest BCUT2D eigenvalue weighted by molar-refractivity contribution is -0.140. The van der Waals surface area contributed by atoms with Crippen LogP contribution in [0.25, 0.3) is 0 Å². The van der Waals surface area contributed by atoms with E-state index >= 15 is 0 Å². The van der Waals surface area contributed by atoms with E-state index in [2.05, 4.69) is 0 Å². The lowest BCUT2D eigenvalue weighted by atomic mass is 9.86. The van der Waals surface area contributed by atoms with Crippen LogP contribution in [0.1, 0.15) is 26.7 Å². The Kier molecular flexibility index (Phi) is 4.55. The molecule has 0 spiro atoms. The average Bonchev–Trinajstić information content (AvgIpc) is 2.48. The zero-order valence-corrected chi connectivity index (χ0v) is 11.4. The molecule has 5 nitrogen and oxygen atoms in total. The topological polar surface area (TPSA) is 80.5 Å². The largest absolute Gasteiger partial charge is 0.341 e. The quantitative estimate of drug-likeness (QED) is 0.777. The van der Waals surface area contributed by atoms with Gasteiger partial charge in [0.05, 0.1) is 16.9 Å². The Morgan fingerprint density at radius 3 is 2.53 bits per heavy atom. The number of carbonyl (C=O) groups excluding carboxylic acids is 1. The molecule has 0 radical (unpaired) electrons. The Morgan fingerprint density at radius 2 is 2.00 bits per heavy atom. The van der Waals surface area contributed by atoms with Gasteiger partial charge in [-0.1, -0.05) is 6.92 Å². The van der Waals surface area contributed by atoms with Crippen LogP contribution in [0.3, 0.4) is 0 Å². The summed E-state index contributed by atoms with van der Waals surface area (Å²) < 4.78 is 22.9. The van der Waals surface area contributed by atoms with Crippen molar-refractivity contribution in [3.63, 3.8) is 0 Å². The fourth-order valence-corrected chi connectivity index (χ4v) is 3.18. The first kappa shape index (κ1) is 14.4. The number of carbonyl (C=O) groups is 1. The second kappa shape index (κ2) is 5.35. The van der Waals surface area contributed by atoms with Crippen molar-refractivity contribution >= 4 is 15.7 Å². The van der Waals surface area contributed by atoms with Crippen LogP contribution in [0.4, 0.5) is 0 Å². The number of nitrogens with zero attached hydrogens (tertiary/aromatic N) is 1. The summed E-state index contributed by atoms with van der Waals surface area (Å²) in [5.74, 6) is 0.241. The number of hydrogen-bond donors (Lipinski definition) is 1. The summed E-state index contributed by atoms with van der Waals surface area (Å²) in [5.41, 5.74) is 5.09. The second-order valence-electron chi connectivity index (χ2n) is 4.92. The van der Waals surface area contributed by atoms with Crippen LogP contribution in [0.5, 0.6) is 0 Å². The normalized spacial score (nSPS) is 23.8. The molecule has 1 unspecified atom stereocenters. The monoisotopic (exact) mass is 262 g/mol. The van der Waals surface area contributed by atoms with Crippen molar-refractivity contribution in [3.8, 4) is 0 Å². The van der Waals surface area contributed by atoms with Crippen molar-refractivity contribution in [1.29, 1.82) is 0 Å². The van der Waals surface area contributed by atoms with Crippen molar-refractivity contribution in [3.05, 3.63) is 0 Å². The van der Waals surface area contributed by atoms with Gasteiger partial charge in [0.1, 0.15) is 0 Å². The van der Waals surface area contributed by atoms with Gasteiger partial charge in [-0.15, -0.1) is 0 Å². The highest BCUT2D eigenvalue weighted by Gasteiger charge is 2.35. The van der Waals surface area contributed by atoms with E-state index in [1.807, 2.05) is 13.8 Å². The highest BCUT2D eigenvalue weighted by molar-refractivity contribution is 7.91. The molecular formula is C11H22N2O3S. The Morgan fingerprint density at radius 1 is 1.35 bits per heavy atom. The van der Waals surface area contributed by atoms with Crippen LogP contribution in [0.15, 0.2) is 0 Å². The third kappa shape index (κ3) is 3.42. The van der Waals surface area contributed by atoms with Gasteiger partial charge in [-0.05, 0) is 19.8 Å². The summed E-state index contributed by atoms with van der Waals surface area (Å²) in [6.07, 6.45) is 1.20. The predicted octanol–water partition coefficient (Wildman–Crippen LogP) is 0.00850. The summed E-state index contributed by atoms with van der Waals surface area (Å²) in [6, 6.07) is 0. The number of rotatable bonds is 3. The average molecular weight is 262 g/mol. The van der Waals surface area contributed by atoms with Crippen LogP contribution in [0, 0.1) is 5.41 Å². The van der Waals surface area contributed by atoms with E-state index in [-0.39, 0.29) is 17.4 Å². The van der Waals surface area contributed by atoms with E-state index in [4.69, 9.17) is 5.73 Å². The summed E-state index contributed by atoms with van der Waals surface area (Å²) in [5, 5.41) is 0. The van der Waals surface area contributed by atoms with Crippen LogP contribution in [0.2, 0.25) is 0 Å². The molecule has 1 aliphatic heterocycles. The summed E-state index contributed by atoms with van der Waals surface area (Å²) in [4.78, 5) is 14.0. The standard InChI is InChI=1S/C11H22N2O3S/c1-3-11(2,9-12)10(14)13-5-4-7-17(15,16)8-6-13/h3-9,12H2,1-2H3. The maximum absolute atomic E-state index is 12.3. The predicted molar refractivity (Wildman–Crippen MR) is 67.3 cm³/mol. The highest BCUT2D eigenvalue weighted by atomic mass is 32.2. The molecule has 0 aromatic heterocycles. The highest BCUT2D eigenvalue weighted by Crippen LogP contribution is 2.23. The molecule has 100 valence electrons. The zero-order valence-electron chi connectivity index (χ0n) is 10.6. The number of amides is 1. The maximum Gasteiger partial charge on any atom is 0.229 e. The van der Waals surface area contributed by atoms with Crippen molar-refractivity contribution in [2.24, 2.45) is 11.1 Å². The van der Waals surface area contributed by atoms with Gasteiger partial charge < -0.3 is 10.6 Å². The van der Waals surface area contributed by atoms with E-state index in [1.165, 1.54) is 0 Å².